The minimum Gasteiger partial charge on any atom is -0.383 e. The molecule has 16 heavy (non-hydrogen) atoms. The molecule has 0 radical (unpaired) electrons. The van der Waals surface area contributed by atoms with Crippen molar-refractivity contribution in [1.29, 1.82) is 0 Å². The lowest BCUT2D eigenvalue weighted by molar-refractivity contribution is 0.154. The van der Waals surface area contributed by atoms with Gasteiger partial charge in [-0.1, -0.05) is 0 Å². The van der Waals surface area contributed by atoms with E-state index in [1.807, 2.05) is 0 Å². The Kier molecular flexibility index (Phi) is 3.81. The normalized spacial score (nSPS) is 27.8. The molecule has 2 fully saturated rings. The lowest BCUT2D eigenvalue weighted by Crippen LogP contribution is -2.63. The third-order valence-electron chi connectivity index (χ3n) is 3.12. The third-order valence-corrected chi connectivity index (χ3v) is 5.21. The van der Waals surface area contributed by atoms with Gasteiger partial charge in [-0.05, 0) is 6.42 Å². The molecule has 2 aliphatic rings. The third kappa shape index (κ3) is 2.23. The van der Waals surface area contributed by atoms with Gasteiger partial charge >= 0.3 is 0 Å². The first-order valence-electron chi connectivity index (χ1n) is 5.63. The first kappa shape index (κ1) is 12.3. The van der Waals surface area contributed by atoms with Gasteiger partial charge in [0.2, 0.25) is 0 Å². The van der Waals surface area contributed by atoms with Gasteiger partial charge in [-0.15, -0.1) is 0 Å². The minimum atomic E-state index is -3.25. The molecule has 7 heteroatoms. The van der Waals surface area contributed by atoms with Crippen LogP contribution in [-0.4, -0.2) is 69.5 Å². The van der Waals surface area contributed by atoms with Crippen LogP contribution in [0, 0.1) is 0 Å². The lowest BCUT2D eigenvalue weighted by Gasteiger charge is -2.42. The smallest absolute Gasteiger partial charge is 0.282 e. The first-order valence-corrected chi connectivity index (χ1v) is 7.02. The molecule has 2 rings (SSSR count). The van der Waals surface area contributed by atoms with Gasteiger partial charge in [0.15, 0.2) is 0 Å². The Morgan fingerprint density at radius 2 is 2.12 bits per heavy atom. The zero-order valence-corrected chi connectivity index (χ0v) is 10.4. The number of nitrogens with one attached hydrogen (secondary N) is 1. The van der Waals surface area contributed by atoms with E-state index in [-0.39, 0.29) is 6.04 Å². The summed E-state index contributed by atoms with van der Waals surface area (Å²) in [6.07, 6.45) is 0.902. The highest BCUT2D eigenvalue weighted by Gasteiger charge is 2.39. The Labute approximate surface area is 96.7 Å². The van der Waals surface area contributed by atoms with E-state index >= 15 is 0 Å². The van der Waals surface area contributed by atoms with Gasteiger partial charge in [0.25, 0.3) is 10.2 Å². The van der Waals surface area contributed by atoms with Gasteiger partial charge in [-0.3, -0.25) is 0 Å². The summed E-state index contributed by atoms with van der Waals surface area (Å²) in [5.41, 5.74) is 0. The Morgan fingerprint density at radius 1 is 1.38 bits per heavy atom. The van der Waals surface area contributed by atoms with Crippen molar-refractivity contribution in [3.05, 3.63) is 0 Å². The van der Waals surface area contributed by atoms with Crippen molar-refractivity contribution in [2.75, 3.05) is 46.4 Å². The Morgan fingerprint density at radius 3 is 2.69 bits per heavy atom. The molecule has 0 unspecified atom stereocenters. The van der Waals surface area contributed by atoms with Gasteiger partial charge in [0, 0.05) is 39.8 Å². The maximum absolute atomic E-state index is 12.2. The summed E-state index contributed by atoms with van der Waals surface area (Å²) in [7, 11) is -1.66. The van der Waals surface area contributed by atoms with Gasteiger partial charge < -0.3 is 10.1 Å². The molecule has 1 N–H and O–H groups in total. The quantitative estimate of drug-likeness (QED) is 0.684. The lowest BCUT2D eigenvalue weighted by atomic mass is 10.2. The highest BCUT2D eigenvalue weighted by Crippen LogP contribution is 2.20. The summed E-state index contributed by atoms with van der Waals surface area (Å²) in [6, 6.07) is 0.148. The van der Waals surface area contributed by atoms with Crippen molar-refractivity contribution in [3.8, 4) is 0 Å². The molecule has 0 amide bonds. The predicted octanol–water partition coefficient (Wildman–Crippen LogP) is -1.14. The van der Waals surface area contributed by atoms with E-state index in [2.05, 4.69) is 5.32 Å². The van der Waals surface area contributed by atoms with Crippen molar-refractivity contribution >= 4 is 10.2 Å². The van der Waals surface area contributed by atoms with Crippen molar-refractivity contribution in [3.63, 3.8) is 0 Å². The van der Waals surface area contributed by atoms with E-state index in [1.165, 1.54) is 4.31 Å². The highest BCUT2D eigenvalue weighted by molar-refractivity contribution is 7.86. The van der Waals surface area contributed by atoms with Gasteiger partial charge in [-0.25, -0.2) is 0 Å². The second-order valence-electron chi connectivity index (χ2n) is 4.18. The molecular weight excluding hydrogens is 230 g/mol. The van der Waals surface area contributed by atoms with Crippen molar-refractivity contribution < 1.29 is 13.2 Å². The number of methoxy groups -OCH3 is 1. The molecule has 2 heterocycles. The number of rotatable bonds is 4. The van der Waals surface area contributed by atoms with Crippen LogP contribution in [0.15, 0.2) is 0 Å². The zero-order valence-electron chi connectivity index (χ0n) is 9.55. The van der Waals surface area contributed by atoms with Crippen molar-refractivity contribution in [2.24, 2.45) is 0 Å². The predicted molar refractivity (Wildman–Crippen MR) is 60.3 cm³/mol. The fourth-order valence-electron chi connectivity index (χ4n) is 2.05. The van der Waals surface area contributed by atoms with Crippen LogP contribution in [0.1, 0.15) is 6.42 Å². The molecule has 0 saturated carbocycles. The number of hydrogen-bond acceptors (Lipinski definition) is 4. The largest absolute Gasteiger partial charge is 0.383 e. The van der Waals surface area contributed by atoms with Crippen LogP contribution in [0.2, 0.25) is 0 Å². The van der Waals surface area contributed by atoms with Gasteiger partial charge in [-0.2, -0.15) is 17.0 Å². The topological polar surface area (TPSA) is 61.9 Å². The van der Waals surface area contributed by atoms with E-state index in [0.717, 1.165) is 19.5 Å². The summed E-state index contributed by atoms with van der Waals surface area (Å²) in [5, 5.41) is 3.10. The molecule has 2 aliphatic heterocycles. The average Bonchev–Trinajstić information content (AvgIpc) is 2.16. The fraction of sp³-hybridized carbons (Fsp3) is 1.00. The maximum Gasteiger partial charge on any atom is 0.282 e. The van der Waals surface area contributed by atoms with E-state index in [9.17, 15) is 8.42 Å². The minimum absolute atomic E-state index is 0.148. The number of nitrogens with zero attached hydrogens (tertiary/aromatic N) is 2. The monoisotopic (exact) mass is 249 g/mol. The molecule has 0 aromatic heterocycles. The fourth-order valence-corrected chi connectivity index (χ4v) is 3.90. The van der Waals surface area contributed by atoms with Crippen molar-refractivity contribution in [1.82, 2.24) is 13.9 Å². The molecule has 94 valence electrons. The Hall–Kier alpha value is -0.210. The summed E-state index contributed by atoms with van der Waals surface area (Å²) in [6.45, 7) is 3.72. The summed E-state index contributed by atoms with van der Waals surface area (Å²) >= 11 is 0. The van der Waals surface area contributed by atoms with Crippen LogP contribution < -0.4 is 5.32 Å². The van der Waals surface area contributed by atoms with Crippen molar-refractivity contribution in [2.45, 2.75) is 12.5 Å². The van der Waals surface area contributed by atoms with Gasteiger partial charge in [0.1, 0.15) is 0 Å². The van der Waals surface area contributed by atoms with Crippen LogP contribution in [0.25, 0.3) is 0 Å². The van der Waals surface area contributed by atoms with E-state index < -0.39 is 10.2 Å². The van der Waals surface area contributed by atoms with E-state index in [1.54, 1.807) is 11.4 Å². The van der Waals surface area contributed by atoms with Crippen LogP contribution >= 0.6 is 0 Å². The van der Waals surface area contributed by atoms with Crippen LogP contribution in [0.5, 0.6) is 0 Å². The Balaban J connectivity index is 2.04. The zero-order chi connectivity index (χ0) is 11.6. The molecule has 2 saturated heterocycles. The molecule has 6 nitrogen and oxygen atoms in total. The standard InChI is InChI=1S/C9H19N3O3S/c1-15-6-5-11-3-2-4-12(16(11,13)14)9-7-10-8-9/h9-10H,2-8H2,1H3. The number of ether oxygens (including phenoxy) is 1. The summed E-state index contributed by atoms with van der Waals surface area (Å²) < 4.78 is 32.5. The molecule has 0 spiro atoms. The molecule has 0 bridgehead atoms. The van der Waals surface area contributed by atoms with Gasteiger partial charge in [0.05, 0.1) is 12.6 Å². The molecule has 0 aliphatic carbocycles. The first-order chi connectivity index (χ1) is 7.66. The molecule has 0 atom stereocenters. The van der Waals surface area contributed by atoms with Crippen LogP contribution in [0.3, 0.4) is 0 Å². The Bertz CT molecular complexity index is 329. The molecule has 0 aromatic carbocycles. The van der Waals surface area contributed by atoms with Crippen LogP contribution in [0.4, 0.5) is 0 Å². The summed E-state index contributed by atoms with van der Waals surface area (Å²) in [5.74, 6) is 0. The van der Waals surface area contributed by atoms with Crippen LogP contribution in [-0.2, 0) is 14.9 Å². The second-order valence-corrected chi connectivity index (χ2v) is 6.06. The molecular formula is C9H19N3O3S. The highest BCUT2D eigenvalue weighted by atomic mass is 32.2. The second kappa shape index (κ2) is 4.97. The SMILES string of the molecule is COCCN1CCCN(C2CNC2)S1(=O)=O. The van der Waals surface area contributed by atoms with E-state index in [4.69, 9.17) is 4.74 Å². The summed E-state index contributed by atoms with van der Waals surface area (Å²) in [4.78, 5) is 0. The molecule has 0 aromatic rings. The maximum atomic E-state index is 12.2. The number of hydrogen-bond donors (Lipinski definition) is 1. The van der Waals surface area contributed by atoms with E-state index in [0.29, 0.717) is 26.2 Å². The average molecular weight is 249 g/mol.